The molecule has 0 saturated carbocycles. The fourth-order valence-corrected chi connectivity index (χ4v) is 6.17. The van der Waals surface area contributed by atoms with Gasteiger partial charge in [0.15, 0.2) is 0 Å². The number of likely N-dealkylation sites (tertiary alicyclic amines) is 1. The first-order chi connectivity index (χ1) is 20.5. The molecule has 0 spiro atoms. The van der Waals surface area contributed by atoms with Crippen LogP contribution in [0.15, 0.2) is 66.7 Å². The standard InChI is InChI=1S/C35H45ClN3O3/c1-5-25-10-7-11-27(22-25)33-31(13-8-14-32(33)36)34(42-6-2)28-12-9-21-39(24-28)35(40)38-23-29(37-3)18-15-26-16-19-30(41-4)20-17-26/h7-8,10-11,13-14,16-17,19-20,22,28-29,34,37H,2,5-6,9,12,15,18,21,23-24H2,1,3-4H3,(H,38,40). The van der Waals surface area contributed by atoms with E-state index in [4.69, 9.17) is 21.1 Å². The van der Waals surface area contributed by atoms with Crippen molar-refractivity contribution >= 4 is 17.6 Å². The molecule has 2 amide bonds. The summed E-state index contributed by atoms with van der Waals surface area (Å²) in [4.78, 5) is 15.3. The monoisotopic (exact) mass is 590 g/mol. The number of carbonyl (C=O) groups excluding carboxylic acids is 1. The molecular formula is C35H45ClN3O3. The summed E-state index contributed by atoms with van der Waals surface area (Å²) in [5, 5.41) is 7.24. The van der Waals surface area contributed by atoms with E-state index in [9.17, 15) is 4.79 Å². The zero-order valence-electron chi connectivity index (χ0n) is 25.2. The SMILES string of the molecule is [CH2]COC(c1cccc(Cl)c1-c1cccc(CC)c1)C1CCCN(C(=O)NCC(CCc2ccc(OC)cc2)NC)C1. The van der Waals surface area contributed by atoms with Crippen molar-refractivity contribution in [3.63, 3.8) is 0 Å². The van der Waals surface area contributed by atoms with Gasteiger partial charge in [-0.25, -0.2) is 4.79 Å². The number of methoxy groups -OCH3 is 1. The van der Waals surface area contributed by atoms with E-state index in [0.29, 0.717) is 24.7 Å². The molecule has 3 aromatic rings. The molecule has 3 aromatic carbocycles. The van der Waals surface area contributed by atoms with Crippen LogP contribution in [0.4, 0.5) is 4.79 Å². The molecule has 1 radical (unpaired) electrons. The van der Waals surface area contributed by atoms with E-state index in [1.165, 1.54) is 11.1 Å². The van der Waals surface area contributed by atoms with Gasteiger partial charge >= 0.3 is 6.03 Å². The second-order valence-corrected chi connectivity index (χ2v) is 11.4. The van der Waals surface area contributed by atoms with Crippen molar-refractivity contribution in [3.8, 4) is 16.9 Å². The lowest BCUT2D eigenvalue weighted by Crippen LogP contribution is -2.49. The van der Waals surface area contributed by atoms with E-state index in [-0.39, 0.29) is 24.1 Å². The van der Waals surface area contributed by atoms with Crippen LogP contribution in [0.2, 0.25) is 5.02 Å². The summed E-state index contributed by atoms with van der Waals surface area (Å²) in [6.45, 7) is 8.41. The zero-order valence-corrected chi connectivity index (χ0v) is 26.0. The van der Waals surface area contributed by atoms with Crippen LogP contribution in [0, 0.1) is 12.8 Å². The maximum Gasteiger partial charge on any atom is 0.317 e. The number of ether oxygens (including phenoxy) is 2. The van der Waals surface area contributed by atoms with Crippen LogP contribution >= 0.6 is 11.6 Å². The van der Waals surface area contributed by atoms with E-state index in [2.05, 4.69) is 66.9 Å². The summed E-state index contributed by atoms with van der Waals surface area (Å²) in [6.07, 6.45) is 4.47. The fraction of sp³-hybridized carbons (Fsp3) is 0.429. The van der Waals surface area contributed by atoms with E-state index >= 15 is 0 Å². The van der Waals surface area contributed by atoms with Gasteiger partial charge in [-0.05, 0) is 86.5 Å². The highest BCUT2D eigenvalue weighted by molar-refractivity contribution is 6.33. The lowest BCUT2D eigenvalue weighted by molar-refractivity contribution is 0.00319. The highest BCUT2D eigenvalue weighted by Crippen LogP contribution is 2.41. The third-order valence-corrected chi connectivity index (χ3v) is 8.61. The van der Waals surface area contributed by atoms with Crippen molar-refractivity contribution in [1.82, 2.24) is 15.5 Å². The number of piperidine rings is 1. The molecule has 3 atom stereocenters. The normalized spacial score (nSPS) is 16.6. The summed E-state index contributed by atoms with van der Waals surface area (Å²) >= 11 is 6.83. The molecule has 3 unspecified atom stereocenters. The van der Waals surface area contributed by atoms with Crippen LogP contribution in [0.5, 0.6) is 5.75 Å². The smallest absolute Gasteiger partial charge is 0.317 e. The van der Waals surface area contributed by atoms with Crippen molar-refractivity contribution in [2.75, 3.05) is 40.4 Å². The molecule has 42 heavy (non-hydrogen) atoms. The van der Waals surface area contributed by atoms with Gasteiger partial charge in [0, 0.05) is 48.8 Å². The summed E-state index contributed by atoms with van der Waals surface area (Å²) in [7, 11) is 3.62. The number of amides is 2. The minimum Gasteiger partial charge on any atom is -0.497 e. The van der Waals surface area contributed by atoms with Gasteiger partial charge < -0.3 is 25.0 Å². The molecule has 1 heterocycles. The molecule has 225 valence electrons. The number of nitrogens with zero attached hydrogens (tertiary/aromatic N) is 1. The minimum atomic E-state index is -0.216. The number of halogens is 1. The number of rotatable bonds is 13. The molecular weight excluding hydrogens is 546 g/mol. The van der Waals surface area contributed by atoms with E-state index < -0.39 is 0 Å². The number of hydrogen-bond donors (Lipinski definition) is 2. The molecule has 7 heteroatoms. The molecule has 1 fully saturated rings. The van der Waals surface area contributed by atoms with Crippen molar-refractivity contribution in [3.05, 3.63) is 95.4 Å². The summed E-state index contributed by atoms with van der Waals surface area (Å²) < 4.78 is 11.6. The van der Waals surface area contributed by atoms with Crippen LogP contribution in [0.25, 0.3) is 11.1 Å². The summed E-state index contributed by atoms with van der Waals surface area (Å²) in [6, 6.07) is 22.9. The van der Waals surface area contributed by atoms with Gasteiger partial charge in [-0.15, -0.1) is 0 Å². The Balaban J connectivity index is 1.42. The topological polar surface area (TPSA) is 62.8 Å². The third kappa shape index (κ3) is 8.27. The predicted octanol–water partition coefficient (Wildman–Crippen LogP) is 7.11. The number of carbonyl (C=O) groups is 1. The maximum absolute atomic E-state index is 13.3. The average Bonchev–Trinajstić information content (AvgIpc) is 3.03. The molecule has 2 N–H and O–H groups in total. The Morgan fingerprint density at radius 2 is 1.90 bits per heavy atom. The van der Waals surface area contributed by atoms with Gasteiger partial charge in [0.05, 0.1) is 13.2 Å². The largest absolute Gasteiger partial charge is 0.497 e. The fourth-order valence-electron chi connectivity index (χ4n) is 5.88. The maximum atomic E-state index is 13.3. The second-order valence-electron chi connectivity index (χ2n) is 11.0. The number of urea groups is 1. The Morgan fingerprint density at radius 1 is 1.12 bits per heavy atom. The summed E-state index contributed by atoms with van der Waals surface area (Å²) in [5.41, 5.74) is 5.66. The van der Waals surface area contributed by atoms with Crippen LogP contribution in [0.1, 0.15) is 49.0 Å². The molecule has 1 aliphatic heterocycles. The number of aryl methyl sites for hydroxylation is 2. The van der Waals surface area contributed by atoms with Crippen molar-refractivity contribution in [2.45, 2.75) is 51.2 Å². The van der Waals surface area contributed by atoms with E-state index in [1.807, 2.05) is 36.2 Å². The van der Waals surface area contributed by atoms with Crippen LogP contribution in [-0.4, -0.2) is 57.4 Å². The Kier molecular flexibility index (Phi) is 12.1. The number of nitrogens with one attached hydrogen (secondary N) is 2. The van der Waals surface area contributed by atoms with Crippen LogP contribution in [-0.2, 0) is 17.6 Å². The first-order valence-corrected chi connectivity index (χ1v) is 15.5. The van der Waals surface area contributed by atoms with Gasteiger partial charge in [-0.1, -0.05) is 67.1 Å². The average molecular weight is 591 g/mol. The summed E-state index contributed by atoms with van der Waals surface area (Å²) in [5.74, 6) is 0.990. The molecule has 6 nitrogen and oxygen atoms in total. The Labute approximate surface area is 256 Å². The highest BCUT2D eigenvalue weighted by atomic mass is 35.5. The van der Waals surface area contributed by atoms with Gasteiger partial charge in [-0.3, -0.25) is 0 Å². The van der Waals surface area contributed by atoms with Gasteiger partial charge in [0.25, 0.3) is 0 Å². The Bertz CT molecular complexity index is 1280. The molecule has 0 aromatic heterocycles. The van der Waals surface area contributed by atoms with Crippen molar-refractivity contribution < 1.29 is 14.3 Å². The molecule has 0 bridgehead atoms. The molecule has 1 saturated heterocycles. The van der Waals surface area contributed by atoms with Gasteiger partial charge in [-0.2, -0.15) is 0 Å². The van der Waals surface area contributed by atoms with E-state index in [1.54, 1.807) is 7.11 Å². The Morgan fingerprint density at radius 3 is 2.62 bits per heavy atom. The van der Waals surface area contributed by atoms with Crippen molar-refractivity contribution in [1.29, 1.82) is 0 Å². The zero-order chi connectivity index (χ0) is 29.9. The minimum absolute atomic E-state index is 0.0280. The molecule has 1 aliphatic rings. The number of hydrogen-bond acceptors (Lipinski definition) is 4. The van der Waals surface area contributed by atoms with E-state index in [0.717, 1.165) is 61.1 Å². The van der Waals surface area contributed by atoms with Crippen LogP contribution in [0.3, 0.4) is 0 Å². The lowest BCUT2D eigenvalue weighted by atomic mass is 9.84. The third-order valence-electron chi connectivity index (χ3n) is 8.30. The Hall–Kier alpha value is -3.06. The quantitative estimate of drug-likeness (QED) is 0.223. The highest BCUT2D eigenvalue weighted by Gasteiger charge is 2.33. The number of benzene rings is 3. The molecule has 0 aliphatic carbocycles. The van der Waals surface area contributed by atoms with Crippen LogP contribution < -0.4 is 15.4 Å². The lowest BCUT2D eigenvalue weighted by Gasteiger charge is -2.38. The first-order valence-electron chi connectivity index (χ1n) is 15.1. The van der Waals surface area contributed by atoms with Gasteiger partial charge in [0.1, 0.15) is 5.75 Å². The second kappa shape index (κ2) is 16.0. The van der Waals surface area contributed by atoms with Gasteiger partial charge in [0.2, 0.25) is 0 Å². The van der Waals surface area contributed by atoms with Crippen molar-refractivity contribution in [2.24, 2.45) is 5.92 Å². The predicted molar refractivity (Wildman–Crippen MR) is 172 cm³/mol. The number of likely N-dealkylation sites (N-methyl/N-ethyl adjacent to an activating group) is 1. The first kappa shape index (κ1) is 31.9. The molecule has 4 rings (SSSR count).